The van der Waals surface area contributed by atoms with E-state index in [-0.39, 0.29) is 61.1 Å². The van der Waals surface area contributed by atoms with E-state index in [0.29, 0.717) is 97.9 Å². The van der Waals surface area contributed by atoms with Gasteiger partial charge in [-0.15, -0.1) is 56.7 Å². The number of carbonyl (C=O) groups is 7. The number of fused-ring (bicyclic) bond motifs is 14. The fourth-order valence-corrected chi connectivity index (χ4v) is 15.3. The van der Waals surface area contributed by atoms with Crippen LogP contribution in [0, 0.1) is 12.8 Å². The van der Waals surface area contributed by atoms with Crippen molar-refractivity contribution in [2.75, 3.05) is 20.7 Å². The number of thiazole rings is 6. The van der Waals surface area contributed by atoms with Crippen LogP contribution >= 0.6 is 68.0 Å². The number of carbonyl (C=O) groups excluding carboxylic acids is 5. The van der Waals surface area contributed by atoms with E-state index in [1.165, 1.54) is 82.2 Å². The number of Topliss-reactive ketones (excluding diaryl/α,β-unsaturated/α-hetero) is 1. The van der Waals surface area contributed by atoms with Crippen LogP contribution in [0.2, 0.25) is 0 Å². The number of methoxy groups -OCH3 is 1. The number of aliphatic hydroxyl groups excluding tert-OH is 1. The van der Waals surface area contributed by atoms with Crippen LogP contribution < -0.4 is 25.8 Å². The van der Waals surface area contributed by atoms with Gasteiger partial charge in [-0.3, -0.25) is 33.6 Å². The highest BCUT2D eigenvalue weighted by atomic mass is 32.1. The smallest absolute Gasteiger partial charge is 0.339 e. The molecular weight excluding hydrogens is 1250 g/mol. The Morgan fingerprint density at radius 1 is 0.739 bits per heavy atom. The molecule has 4 amide bonds. The third kappa shape index (κ3) is 14.6. The topological polar surface area (TPSA) is 332 Å². The molecule has 9 heterocycles. The summed E-state index contributed by atoms with van der Waals surface area (Å²) in [5.74, 6) is -4.75. The van der Waals surface area contributed by atoms with E-state index in [1.54, 1.807) is 93.9 Å². The Morgan fingerprint density at radius 3 is 2.20 bits per heavy atom. The Morgan fingerprint density at radius 2 is 1.45 bits per heavy atom. The molecule has 7 N–H and O–H groups in total. The first kappa shape index (κ1) is 62.8. The maximum Gasteiger partial charge on any atom is 0.339 e. The van der Waals surface area contributed by atoms with Gasteiger partial charge in [0.25, 0.3) is 16.8 Å². The molecule has 9 aromatic rings. The molecule has 23 nitrogen and oxygen atoms in total. The SMILES string of the molecule is CNC(=O)C[C@@H]1NC(=O)c2csc(n2)-c2ccc(-c3nc(-[n+]4cc(CCCC(=O)O)cc(CC(=O)O)c4)cs3)nc2-c2csc(n2)-c2csc(n2)[C@H]([C@@H](O)c2ccccc2)NC(=O)CNC(=O)c2nc(sc2COC)C(C(C)C)CC(=O)c2nc1sc2C. The number of ketones is 1. The van der Waals surface area contributed by atoms with Crippen molar-refractivity contribution in [2.24, 2.45) is 5.92 Å². The van der Waals surface area contributed by atoms with Gasteiger partial charge in [-0.1, -0.05) is 55.5 Å². The van der Waals surface area contributed by atoms with Crippen molar-refractivity contribution in [3.8, 4) is 49.2 Å². The Kier molecular flexibility index (Phi) is 19.8. The lowest BCUT2D eigenvalue weighted by atomic mass is 9.90. The van der Waals surface area contributed by atoms with Gasteiger partial charge in [0.05, 0.1) is 59.7 Å². The highest BCUT2D eigenvalue weighted by Gasteiger charge is 2.33. The van der Waals surface area contributed by atoms with Crippen LogP contribution in [-0.4, -0.2) is 112 Å². The van der Waals surface area contributed by atoms with Crippen molar-refractivity contribution in [3.05, 3.63) is 141 Å². The largest absolute Gasteiger partial charge is 0.481 e. The predicted molar refractivity (Wildman–Crippen MR) is 332 cm³/mol. The molecule has 0 saturated carbocycles. The second-order valence-corrected chi connectivity index (χ2v) is 26.5. The summed E-state index contributed by atoms with van der Waals surface area (Å²) < 4.78 is 7.18. The fraction of sp³-hybridized carbons (Fsp3) is 0.305. The first-order valence-corrected chi connectivity index (χ1v) is 32.6. The molecule has 454 valence electrons. The molecule has 8 aromatic heterocycles. The number of nitrogens with one attached hydrogen (secondary N) is 4. The lowest BCUT2D eigenvalue weighted by Gasteiger charge is -2.23. The number of aliphatic carboxylic acids is 2. The molecule has 0 spiro atoms. The Labute approximate surface area is 527 Å². The standard InChI is InChI=1S/C59H56N12O11S6/c1-28(2)34-18-40(72)47-29(3)87-58(69-47)36(19-43(73)60-4)63-52(80)38-25-83-54(65-38)33-14-15-35(56-67-42(27-86-56)71-21-30(10-9-13-45(75)76)16-31(22-71)17-46(77)78)62-48(33)37-24-84-57(64-37)39-26-85-59(66-39)50(51(79)32-11-7-6-8-12-32)68-44(74)20-61-53(81)49-41(23-82-5)88-55(34)70-49/h6-8,11-12,14-16,21-22,24-28,34,36,50-51,79H,9-10,13,17-20,23H2,1-5H3,(H5-,60,61,63,68,73,74,75,76,77,78,80,81)/p+1/t34?,36-,50-,51-/m0/s1. The maximum atomic E-state index is 14.4. The summed E-state index contributed by atoms with van der Waals surface area (Å²) >= 11 is 7.31. The minimum atomic E-state index is -1.29. The molecule has 1 unspecified atom stereocenters. The number of hydrogen-bond donors (Lipinski definition) is 7. The Hall–Kier alpha value is -8.29. The molecule has 29 heteroatoms. The molecule has 4 atom stereocenters. The van der Waals surface area contributed by atoms with E-state index < -0.39 is 66.2 Å². The van der Waals surface area contributed by atoms with Crippen LogP contribution in [-0.2, 0) is 43.4 Å². The van der Waals surface area contributed by atoms with E-state index in [1.807, 2.05) is 13.8 Å². The van der Waals surface area contributed by atoms with Crippen molar-refractivity contribution in [2.45, 2.75) is 90.0 Å². The van der Waals surface area contributed by atoms with Crippen molar-refractivity contribution >= 4 is 109 Å². The van der Waals surface area contributed by atoms with Crippen LogP contribution in [0.5, 0.6) is 0 Å². The minimum absolute atomic E-state index is 0.0216. The van der Waals surface area contributed by atoms with Gasteiger partial charge in [-0.25, -0.2) is 34.5 Å². The van der Waals surface area contributed by atoms with Gasteiger partial charge in [0.2, 0.25) is 11.8 Å². The van der Waals surface area contributed by atoms with Gasteiger partial charge >= 0.3 is 17.8 Å². The van der Waals surface area contributed by atoms with Crippen LogP contribution in [0.1, 0.15) is 137 Å². The number of nitrogens with zero attached hydrogens (tertiary/aromatic N) is 8. The first-order valence-electron chi connectivity index (χ1n) is 27.5. The summed E-state index contributed by atoms with van der Waals surface area (Å²) in [6.45, 7) is 5.14. The number of ether oxygens (including phenoxy) is 1. The number of pyridine rings is 2. The molecule has 0 aliphatic carbocycles. The van der Waals surface area contributed by atoms with Gasteiger partial charge in [-0.05, 0) is 60.0 Å². The van der Waals surface area contributed by atoms with E-state index in [4.69, 9.17) is 39.6 Å². The number of hydrogen-bond acceptors (Lipinski definition) is 22. The van der Waals surface area contributed by atoms with E-state index >= 15 is 0 Å². The van der Waals surface area contributed by atoms with Crippen LogP contribution in [0.25, 0.3) is 49.2 Å². The number of amides is 4. The van der Waals surface area contributed by atoms with Gasteiger partial charge < -0.3 is 41.3 Å². The summed E-state index contributed by atoms with van der Waals surface area (Å²) in [4.78, 5) is 128. The molecule has 88 heavy (non-hydrogen) atoms. The molecule has 0 fully saturated rings. The fourth-order valence-electron chi connectivity index (χ4n) is 9.64. The Bertz CT molecular complexity index is 4100. The predicted octanol–water partition coefficient (Wildman–Crippen LogP) is 8.51. The van der Waals surface area contributed by atoms with Crippen LogP contribution in [0.3, 0.4) is 0 Å². The van der Waals surface area contributed by atoms with Gasteiger partial charge in [0.15, 0.2) is 5.78 Å². The lowest BCUT2D eigenvalue weighted by molar-refractivity contribution is -0.600. The summed E-state index contributed by atoms with van der Waals surface area (Å²) in [5, 5.41) is 51.5. The number of aromatic nitrogens is 8. The summed E-state index contributed by atoms with van der Waals surface area (Å²) in [6, 6.07) is 12.0. The van der Waals surface area contributed by atoms with Crippen molar-refractivity contribution in [3.63, 3.8) is 0 Å². The Balaban J connectivity index is 1.06. The average Bonchev–Trinajstić information content (AvgIpc) is 2.39. The van der Waals surface area contributed by atoms with Gasteiger partial charge in [0.1, 0.15) is 72.0 Å². The highest BCUT2D eigenvalue weighted by Crippen LogP contribution is 2.41. The molecule has 10 bridgehead atoms. The van der Waals surface area contributed by atoms with E-state index in [0.717, 1.165) is 5.56 Å². The summed E-state index contributed by atoms with van der Waals surface area (Å²) in [7, 11) is 2.96. The third-order valence-electron chi connectivity index (χ3n) is 14.0. The number of aliphatic hydroxyl groups is 1. The van der Waals surface area contributed by atoms with Gasteiger partial charge in [-0.2, -0.15) is 0 Å². The second kappa shape index (κ2) is 27.8. The molecule has 1 aromatic carbocycles. The molecular formula is C59H57N12O11S6+. The zero-order chi connectivity index (χ0) is 62.3. The number of carboxylic acid groups (broad SMARTS) is 2. The summed E-state index contributed by atoms with van der Waals surface area (Å²) in [6.07, 6.45) is 2.34. The molecule has 1 aliphatic heterocycles. The number of carboxylic acids is 2. The minimum Gasteiger partial charge on any atom is -0.481 e. The van der Waals surface area contributed by atoms with Gasteiger partial charge in [0, 0.05) is 65.1 Å². The number of benzene rings is 1. The maximum absolute atomic E-state index is 14.4. The van der Waals surface area contributed by atoms with E-state index in [9.17, 15) is 48.9 Å². The quantitative estimate of drug-likeness (QED) is 0.0473. The van der Waals surface area contributed by atoms with E-state index in [2.05, 4.69) is 21.3 Å². The molecule has 10 rings (SSSR count). The van der Waals surface area contributed by atoms with Crippen LogP contribution in [0.15, 0.2) is 82.4 Å². The molecule has 0 radical (unpaired) electrons. The number of aryl methyl sites for hydroxylation is 2. The lowest BCUT2D eigenvalue weighted by Crippen LogP contribution is -2.40. The van der Waals surface area contributed by atoms with Crippen molar-refractivity contribution < 1.29 is 58.2 Å². The summed E-state index contributed by atoms with van der Waals surface area (Å²) in [5.41, 5.74) is 4.06. The zero-order valence-electron chi connectivity index (χ0n) is 47.8. The zero-order valence-corrected chi connectivity index (χ0v) is 52.7. The van der Waals surface area contributed by atoms with Crippen molar-refractivity contribution in [1.29, 1.82) is 0 Å². The highest BCUT2D eigenvalue weighted by molar-refractivity contribution is 7.15. The molecule has 1 aliphatic rings. The number of rotatable bonds is 15. The van der Waals surface area contributed by atoms with Crippen LogP contribution in [0.4, 0.5) is 0 Å². The second-order valence-electron chi connectivity index (χ2n) is 20.7. The average molecular weight is 1300 g/mol. The third-order valence-corrected chi connectivity index (χ3v) is 19.8. The van der Waals surface area contributed by atoms with Crippen molar-refractivity contribution in [1.82, 2.24) is 56.2 Å². The molecule has 0 saturated heterocycles. The first-order chi connectivity index (χ1) is 42.3. The monoisotopic (exact) mass is 1300 g/mol. The normalized spacial score (nSPS) is 16.1.